The van der Waals surface area contributed by atoms with Gasteiger partial charge in [0.25, 0.3) is 0 Å². The van der Waals surface area contributed by atoms with E-state index < -0.39 is 5.63 Å². The fourth-order valence-electron chi connectivity index (χ4n) is 2.53. The van der Waals surface area contributed by atoms with Crippen molar-refractivity contribution in [2.75, 3.05) is 6.61 Å². The summed E-state index contributed by atoms with van der Waals surface area (Å²) in [6.45, 7) is 2.88. The number of ether oxygens (including phenoxy) is 1. The molecule has 134 valence electrons. The average Bonchev–Trinajstić information content (AvgIpc) is 2.66. The van der Waals surface area contributed by atoms with Gasteiger partial charge in [0.15, 0.2) is 0 Å². The van der Waals surface area contributed by atoms with Gasteiger partial charge in [0.1, 0.15) is 10.8 Å². The molecule has 3 aromatic rings. The quantitative estimate of drug-likeness (QED) is 0.516. The minimum absolute atomic E-state index is 0.107. The molecule has 1 aromatic heterocycles. The van der Waals surface area contributed by atoms with Crippen molar-refractivity contribution in [2.45, 2.75) is 26.2 Å². The van der Waals surface area contributed by atoms with Crippen LogP contribution in [0.3, 0.4) is 0 Å². The zero-order valence-electron chi connectivity index (χ0n) is 14.6. The molecule has 0 aliphatic rings. The highest BCUT2D eigenvalue weighted by atomic mass is 35.5. The molecule has 0 saturated heterocycles. The van der Waals surface area contributed by atoms with E-state index in [-0.39, 0.29) is 10.9 Å². The molecule has 0 fully saturated rings. The molecule has 0 atom stereocenters. The van der Waals surface area contributed by atoms with Gasteiger partial charge in [0.05, 0.1) is 17.5 Å². The Morgan fingerprint density at radius 3 is 2.69 bits per heavy atom. The van der Waals surface area contributed by atoms with Crippen molar-refractivity contribution in [3.63, 3.8) is 0 Å². The van der Waals surface area contributed by atoms with Crippen LogP contribution in [0.15, 0.2) is 57.7 Å². The molecular formula is C21H20ClNO3. The second kappa shape index (κ2) is 8.68. The van der Waals surface area contributed by atoms with E-state index in [1.165, 1.54) is 12.8 Å². The lowest BCUT2D eigenvalue weighted by atomic mass is 10.2. The third kappa shape index (κ3) is 4.52. The van der Waals surface area contributed by atoms with Crippen molar-refractivity contribution in [1.29, 1.82) is 0 Å². The Balaban J connectivity index is 1.76. The lowest BCUT2D eigenvalue weighted by Gasteiger charge is -2.06. The van der Waals surface area contributed by atoms with E-state index in [4.69, 9.17) is 20.8 Å². The molecule has 3 rings (SSSR count). The maximum Gasteiger partial charge on any atom is 0.347 e. The van der Waals surface area contributed by atoms with Crippen molar-refractivity contribution in [1.82, 2.24) is 4.98 Å². The molecule has 2 aromatic carbocycles. The summed E-state index contributed by atoms with van der Waals surface area (Å²) in [4.78, 5) is 16.4. The number of benzene rings is 2. The van der Waals surface area contributed by atoms with E-state index in [1.807, 2.05) is 30.3 Å². The minimum Gasteiger partial charge on any atom is -0.494 e. The Morgan fingerprint density at radius 1 is 1.15 bits per heavy atom. The second-order valence-corrected chi connectivity index (χ2v) is 6.35. The largest absolute Gasteiger partial charge is 0.494 e. The Bertz CT molecular complexity index is 961. The maximum atomic E-state index is 12.0. The van der Waals surface area contributed by atoms with Crippen molar-refractivity contribution in [3.8, 4) is 5.75 Å². The molecule has 0 amide bonds. The summed E-state index contributed by atoms with van der Waals surface area (Å²) in [6, 6.07) is 14.6. The molecule has 5 heteroatoms. The van der Waals surface area contributed by atoms with Gasteiger partial charge < -0.3 is 9.15 Å². The van der Waals surface area contributed by atoms with Crippen molar-refractivity contribution >= 4 is 33.6 Å². The predicted octanol–water partition coefficient (Wildman–Crippen LogP) is 5.49. The SMILES string of the molecule is CCCCCOc1ccc(/C=C(\Cl)c2nc3ccccc3c(=O)o2)cc1. The van der Waals surface area contributed by atoms with Gasteiger partial charge in [0, 0.05) is 0 Å². The van der Waals surface area contributed by atoms with Crippen LogP contribution in [0.1, 0.15) is 37.6 Å². The van der Waals surface area contributed by atoms with Crippen LogP contribution in [0.5, 0.6) is 5.75 Å². The lowest BCUT2D eigenvalue weighted by Crippen LogP contribution is -2.03. The van der Waals surface area contributed by atoms with Crippen LogP contribution in [0, 0.1) is 0 Å². The molecular weight excluding hydrogens is 350 g/mol. The summed E-state index contributed by atoms with van der Waals surface area (Å²) >= 11 is 6.31. The molecule has 4 nitrogen and oxygen atoms in total. The number of hydrogen-bond donors (Lipinski definition) is 0. The third-order valence-electron chi connectivity index (χ3n) is 3.93. The molecule has 0 unspecified atom stereocenters. The van der Waals surface area contributed by atoms with Gasteiger partial charge in [-0.2, -0.15) is 0 Å². The van der Waals surface area contributed by atoms with Crippen LogP contribution in [0.25, 0.3) is 22.0 Å². The van der Waals surface area contributed by atoms with Crippen molar-refractivity contribution < 1.29 is 9.15 Å². The smallest absolute Gasteiger partial charge is 0.347 e. The predicted molar refractivity (Wildman–Crippen MR) is 105 cm³/mol. The Kier molecular flexibility index (Phi) is 6.08. The number of para-hydroxylation sites is 1. The van der Waals surface area contributed by atoms with Gasteiger partial charge in [-0.25, -0.2) is 9.78 Å². The number of fused-ring (bicyclic) bond motifs is 1. The van der Waals surface area contributed by atoms with E-state index in [0.717, 1.165) is 24.3 Å². The normalized spacial score (nSPS) is 11.7. The van der Waals surface area contributed by atoms with E-state index >= 15 is 0 Å². The standard InChI is InChI=1S/C21H20ClNO3/c1-2-3-6-13-25-16-11-9-15(10-12-16)14-18(22)20-23-19-8-5-4-7-17(19)21(24)26-20/h4-5,7-12,14H,2-3,6,13H2,1H3/b18-14-. The van der Waals surface area contributed by atoms with Crippen LogP contribution in [0.4, 0.5) is 0 Å². The first kappa shape index (κ1) is 18.2. The van der Waals surface area contributed by atoms with Crippen LogP contribution in [-0.4, -0.2) is 11.6 Å². The van der Waals surface area contributed by atoms with Gasteiger partial charge in [-0.1, -0.05) is 55.6 Å². The number of aromatic nitrogens is 1. The van der Waals surface area contributed by atoms with Gasteiger partial charge >= 0.3 is 5.63 Å². The van der Waals surface area contributed by atoms with Gasteiger partial charge in [-0.3, -0.25) is 0 Å². The van der Waals surface area contributed by atoms with Gasteiger partial charge in [-0.05, 0) is 42.3 Å². The van der Waals surface area contributed by atoms with E-state index in [9.17, 15) is 4.79 Å². The van der Waals surface area contributed by atoms with Crippen LogP contribution in [-0.2, 0) is 0 Å². The van der Waals surface area contributed by atoms with Crippen LogP contribution in [0.2, 0.25) is 0 Å². The zero-order valence-corrected chi connectivity index (χ0v) is 15.3. The third-order valence-corrected chi connectivity index (χ3v) is 4.20. The summed E-state index contributed by atoms with van der Waals surface area (Å²) in [5.41, 5.74) is 0.975. The summed E-state index contributed by atoms with van der Waals surface area (Å²) in [5, 5.41) is 0.703. The fraction of sp³-hybridized carbons (Fsp3) is 0.238. The van der Waals surface area contributed by atoms with Gasteiger partial charge in [-0.15, -0.1) is 0 Å². The van der Waals surface area contributed by atoms with E-state index in [1.54, 1.807) is 24.3 Å². The average molecular weight is 370 g/mol. The molecule has 1 heterocycles. The molecule has 0 aliphatic heterocycles. The highest BCUT2D eigenvalue weighted by Crippen LogP contribution is 2.22. The molecule has 0 bridgehead atoms. The molecule has 0 radical (unpaired) electrons. The number of rotatable bonds is 7. The Morgan fingerprint density at radius 2 is 1.92 bits per heavy atom. The first-order chi connectivity index (χ1) is 12.7. The molecule has 0 saturated carbocycles. The van der Waals surface area contributed by atoms with E-state index in [2.05, 4.69) is 11.9 Å². The second-order valence-electron chi connectivity index (χ2n) is 5.94. The Hall–Kier alpha value is -2.59. The number of unbranched alkanes of at least 4 members (excludes halogenated alkanes) is 2. The highest BCUT2D eigenvalue weighted by molar-refractivity contribution is 6.50. The first-order valence-corrected chi connectivity index (χ1v) is 9.05. The molecule has 0 spiro atoms. The maximum absolute atomic E-state index is 12.0. The lowest BCUT2D eigenvalue weighted by molar-refractivity contribution is 0.306. The first-order valence-electron chi connectivity index (χ1n) is 8.67. The van der Waals surface area contributed by atoms with Crippen molar-refractivity contribution in [2.24, 2.45) is 0 Å². The van der Waals surface area contributed by atoms with Crippen molar-refractivity contribution in [3.05, 3.63) is 70.4 Å². The fourth-order valence-corrected chi connectivity index (χ4v) is 2.74. The molecule has 26 heavy (non-hydrogen) atoms. The minimum atomic E-state index is -0.451. The molecule has 0 aliphatic carbocycles. The number of hydrogen-bond acceptors (Lipinski definition) is 4. The summed E-state index contributed by atoms with van der Waals surface area (Å²) < 4.78 is 10.9. The van der Waals surface area contributed by atoms with Crippen LogP contribution < -0.4 is 10.4 Å². The summed E-state index contributed by atoms with van der Waals surface area (Å²) in [6.07, 6.45) is 5.10. The molecule has 0 N–H and O–H groups in total. The van der Waals surface area contributed by atoms with Crippen LogP contribution >= 0.6 is 11.6 Å². The topological polar surface area (TPSA) is 52.3 Å². The highest BCUT2D eigenvalue weighted by Gasteiger charge is 2.09. The number of nitrogens with zero attached hydrogens (tertiary/aromatic N) is 1. The Labute approximate surface area is 157 Å². The van der Waals surface area contributed by atoms with Gasteiger partial charge in [0.2, 0.25) is 5.89 Å². The van der Waals surface area contributed by atoms with E-state index in [0.29, 0.717) is 10.9 Å². The monoisotopic (exact) mass is 369 g/mol. The summed E-state index contributed by atoms with van der Waals surface area (Å²) in [5.74, 6) is 0.931. The number of halogens is 1. The summed E-state index contributed by atoms with van der Waals surface area (Å²) in [7, 11) is 0. The zero-order chi connectivity index (χ0) is 18.4.